The molecule has 2 aromatic carbocycles. The Morgan fingerprint density at radius 1 is 1.07 bits per heavy atom. The Morgan fingerprint density at radius 3 is 2.21 bits per heavy atom. The third-order valence-electron chi connectivity index (χ3n) is 5.46. The van der Waals surface area contributed by atoms with Crippen LogP contribution in [0.15, 0.2) is 48.5 Å². The van der Waals surface area contributed by atoms with Crippen LogP contribution in [0.5, 0.6) is 0 Å². The van der Waals surface area contributed by atoms with Gasteiger partial charge in [0.25, 0.3) is 0 Å². The second-order valence-corrected chi connectivity index (χ2v) is 7.21. The van der Waals surface area contributed by atoms with Gasteiger partial charge < -0.3 is 14.7 Å². The van der Waals surface area contributed by atoms with E-state index in [0.29, 0.717) is 0 Å². The quantitative estimate of drug-likeness (QED) is 0.835. The molecule has 1 fully saturated rings. The summed E-state index contributed by atoms with van der Waals surface area (Å²) in [6.07, 6.45) is -6.85. The van der Waals surface area contributed by atoms with Crippen LogP contribution >= 0.6 is 0 Å². The number of carbonyl (C=O) groups is 1. The molecule has 2 aromatic rings. The molecule has 8 heteroatoms. The van der Waals surface area contributed by atoms with E-state index in [4.69, 9.17) is 4.74 Å². The van der Waals surface area contributed by atoms with Gasteiger partial charge in [0.05, 0.1) is 25.3 Å². The fraction of sp³-hybridized carbons (Fsp3) is 0.381. The number of nitrogens with zero attached hydrogens (tertiary/aromatic N) is 1. The Hall–Kier alpha value is -2.58. The van der Waals surface area contributed by atoms with Gasteiger partial charge in [-0.25, -0.2) is 4.79 Å². The number of halogens is 3. The zero-order valence-electron chi connectivity index (χ0n) is 15.4. The number of ether oxygens (including phenoxy) is 2. The third-order valence-corrected chi connectivity index (χ3v) is 5.46. The summed E-state index contributed by atoms with van der Waals surface area (Å²) in [5.74, 6) is -0.149. The first kappa shape index (κ1) is 19.7. The van der Waals surface area contributed by atoms with E-state index in [1.54, 1.807) is 0 Å². The fourth-order valence-electron chi connectivity index (χ4n) is 4.22. The van der Waals surface area contributed by atoms with Gasteiger partial charge in [-0.1, -0.05) is 48.5 Å². The SMILES string of the molecule is O=C(OCC1c2ccccc2-c2ccccc21)N1C[C@H](OC(F)(F)F)C[C@H]1CO. The molecule has 1 N–H and O–H groups in total. The van der Waals surface area contributed by atoms with Crippen molar-refractivity contribution in [1.82, 2.24) is 4.90 Å². The summed E-state index contributed by atoms with van der Waals surface area (Å²) in [4.78, 5) is 13.7. The van der Waals surface area contributed by atoms with Gasteiger partial charge in [0.2, 0.25) is 0 Å². The van der Waals surface area contributed by atoms with Crippen LogP contribution in [0, 0.1) is 0 Å². The minimum atomic E-state index is -4.79. The molecule has 2 aliphatic rings. The molecule has 0 aromatic heterocycles. The van der Waals surface area contributed by atoms with Gasteiger partial charge in [0.1, 0.15) is 6.61 Å². The molecule has 0 radical (unpaired) electrons. The predicted molar refractivity (Wildman–Crippen MR) is 98.2 cm³/mol. The number of alkyl halides is 3. The zero-order valence-corrected chi connectivity index (χ0v) is 15.4. The fourth-order valence-corrected chi connectivity index (χ4v) is 4.22. The highest BCUT2D eigenvalue weighted by molar-refractivity contribution is 5.79. The molecule has 4 rings (SSSR count). The number of aliphatic hydroxyl groups is 1. The molecule has 0 unspecified atom stereocenters. The Morgan fingerprint density at radius 2 is 1.66 bits per heavy atom. The maximum absolute atomic E-state index is 12.6. The highest BCUT2D eigenvalue weighted by Gasteiger charge is 2.42. The van der Waals surface area contributed by atoms with E-state index >= 15 is 0 Å². The second-order valence-electron chi connectivity index (χ2n) is 7.21. The molecule has 0 spiro atoms. The van der Waals surface area contributed by atoms with E-state index in [1.807, 2.05) is 48.5 Å². The normalized spacial score (nSPS) is 21.2. The Bertz CT molecular complexity index is 856. The molecular formula is C21H20F3NO4. The lowest BCUT2D eigenvalue weighted by Gasteiger charge is -2.23. The van der Waals surface area contributed by atoms with Gasteiger partial charge in [0, 0.05) is 5.92 Å². The highest BCUT2D eigenvalue weighted by Crippen LogP contribution is 2.44. The number of hydrogen-bond donors (Lipinski definition) is 1. The Kier molecular flexibility index (Phi) is 5.23. The molecule has 1 aliphatic carbocycles. The van der Waals surface area contributed by atoms with Gasteiger partial charge in [0.15, 0.2) is 0 Å². The van der Waals surface area contributed by atoms with Crippen LogP contribution < -0.4 is 0 Å². The standard InChI is InChI=1S/C21H20F3NO4/c22-21(23,24)29-14-9-13(11-26)25(10-14)20(27)28-12-19-17-7-3-1-5-15(17)16-6-2-4-8-18(16)19/h1-8,13-14,19,26H,9-12H2/t13-,14+/m0/s1. The van der Waals surface area contributed by atoms with Crippen molar-refractivity contribution in [2.75, 3.05) is 19.8 Å². The van der Waals surface area contributed by atoms with Crippen LogP contribution in [-0.4, -0.2) is 54.4 Å². The summed E-state index contributed by atoms with van der Waals surface area (Å²) in [6.45, 7) is -0.671. The van der Waals surface area contributed by atoms with E-state index < -0.39 is 31.2 Å². The monoisotopic (exact) mass is 407 g/mol. The van der Waals surface area contributed by atoms with Crippen molar-refractivity contribution in [2.45, 2.75) is 30.8 Å². The lowest BCUT2D eigenvalue weighted by Crippen LogP contribution is -2.39. The predicted octanol–water partition coefficient (Wildman–Crippen LogP) is 3.91. The number of likely N-dealkylation sites (tertiary alicyclic amines) is 1. The summed E-state index contributed by atoms with van der Waals surface area (Å²) < 4.78 is 46.9. The number of rotatable bonds is 4. The van der Waals surface area contributed by atoms with Crippen molar-refractivity contribution in [3.05, 3.63) is 59.7 Å². The van der Waals surface area contributed by atoms with E-state index in [9.17, 15) is 23.1 Å². The van der Waals surface area contributed by atoms with Crippen LogP contribution in [0.2, 0.25) is 0 Å². The molecule has 0 saturated carbocycles. The highest BCUT2D eigenvalue weighted by atomic mass is 19.4. The molecule has 2 atom stereocenters. The Labute approximate surface area is 165 Å². The molecule has 1 amide bonds. The maximum atomic E-state index is 12.6. The first-order valence-electron chi connectivity index (χ1n) is 9.34. The van der Waals surface area contributed by atoms with Crippen LogP contribution in [0.25, 0.3) is 11.1 Å². The van der Waals surface area contributed by atoms with Crippen molar-refractivity contribution in [3.63, 3.8) is 0 Å². The van der Waals surface area contributed by atoms with Gasteiger partial charge in [-0.05, 0) is 28.7 Å². The topological polar surface area (TPSA) is 59.0 Å². The maximum Gasteiger partial charge on any atom is 0.522 e. The molecule has 0 bridgehead atoms. The average molecular weight is 407 g/mol. The van der Waals surface area contributed by atoms with Crippen molar-refractivity contribution < 1.29 is 32.5 Å². The van der Waals surface area contributed by atoms with E-state index in [1.165, 1.54) is 0 Å². The molecule has 1 saturated heterocycles. The second kappa shape index (κ2) is 7.68. The third kappa shape index (κ3) is 3.95. The number of aliphatic hydroxyl groups excluding tert-OH is 1. The van der Waals surface area contributed by atoms with E-state index in [2.05, 4.69) is 4.74 Å². The van der Waals surface area contributed by atoms with Gasteiger partial charge >= 0.3 is 12.5 Å². The number of hydrogen-bond acceptors (Lipinski definition) is 4. The number of benzene rings is 2. The lowest BCUT2D eigenvalue weighted by molar-refractivity contribution is -0.340. The van der Waals surface area contributed by atoms with Crippen LogP contribution in [0.4, 0.5) is 18.0 Å². The van der Waals surface area contributed by atoms with Crippen LogP contribution in [0.1, 0.15) is 23.5 Å². The summed E-state index contributed by atoms with van der Waals surface area (Å²) in [6, 6.07) is 14.9. The minimum Gasteiger partial charge on any atom is -0.448 e. The van der Waals surface area contributed by atoms with Gasteiger partial charge in [-0.15, -0.1) is 13.2 Å². The molecule has 5 nitrogen and oxygen atoms in total. The van der Waals surface area contributed by atoms with Gasteiger partial charge in [-0.3, -0.25) is 4.74 Å². The molecular weight excluding hydrogens is 387 g/mol. The minimum absolute atomic E-state index is 0.0618. The summed E-state index contributed by atoms with van der Waals surface area (Å²) >= 11 is 0. The number of fused-ring (bicyclic) bond motifs is 3. The Balaban J connectivity index is 1.46. The van der Waals surface area contributed by atoms with Gasteiger partial charge in [-0.2, -0.15) is 0 Å². The molecule has 154 valence electrons. The average Bonchev–Trinajstić information content (AvgIpc) is 3.23. The van der Waals surface area contributed by atoms with Crippen molar-refractivity contribution >= 4 is 6.09 Å². The van der Waals surface area contributed by atoms with E-state index in [0.717, 1.165) is 27.2 Å². The van der Waals surface area contributed by atoms with E-state index in [-0.39, 0.29) is 25.5 Å². The largest absolute Gasteiger partial charge is 0.522 e. The number of carbonyl (C=O) groups excluding carboxylic acids is 1. The molecule has 1 heterocycles. The van der Waals surface area contributed by atoms with Crippen LogP contribution in [-0.2, 0) is 9.47 Å². The number of amides is 1. The molecule has 29 heavy (non-hydrogen) atoms. The summed E-state index contributed by atoms with van der Waals surface area (Å²) in [5, 5.41) is 9.46. The summed E-state index contributed by atoms with van der Waals surface area (Å²) in [7, 11) is 0. The molecule has 1 aliphatic heterocycles. The van der Waals surface area contributed by atoms with Crippen molar-refractivity contribution in [1.29, 1.82) is 0 Å². The van der Waals surface area contributed by atoms with Crippen molar-refractivity contribution in [3.8, 4) is 11.1 Å². The zero-order chi connectivity index (χ0) is 20.6. The lowest BCUT2D eigenvalue weighted by atomic mass is 9.98. The van der Waals surface area contributed by atoms with Crippen LogP contribution in [0.3, 0.4) is 0 Å². The first-order valence-corrected chi connectivity index (χ1v) is 9.34. The summed E-state index contributed by atoms with van der Waals surface area (Å²) in [5.41, 5.74) is 4.24. The first-order chi connectivity index (χ1) is 13.9. The van der Waals surface area contributed by atoms with Crippen molar-refractivity contribution in [2.24, 2.45) is 0 Å². The smallest absolute Gasteiger partial charge is 0.448 e.